The first-order valence-electron chi connectivity index (χ1n) is 10.8. The van der Waals surface area contributed by atoms with E-state index >= 15 is 0 Å². The van der Waals surface area contributed by atoms with Crippen LogP contribution in [0.5, 0.6) is 0 Å². The lowest BCUT2D eigenvalue weighted by atomic mass is 9.86. The van der Waals surface area contributed by atoms with Crippen LogP contribution in [0.2, 0.25) is 1.41 Å². The molecule has 1 N–H and O–H groups in total. The third-order valence-electron chi connectivity index (χ3n) is 6.41. The van der Waals surface area contributed by atoms with Gasteiger partial charge in [0.15, 0.2) is 1.41 Å². The van der Waals surface area contributed by atoms with Crippen LogP contribution in [-0.4, -0.2) is 0 Å². The van der Waals surface area contributed by atoms with Gasteiger partial charge in [0.2, 0.25) is 0 Å². The Morgan fingerprint density at radius 3 is 2.15 bits per heavy atom. The van der Waals surface area contributed by atoms with Crippen LogP contribution in [0, 0.1) is 26.7 Å². The van der Waals surface area contributed by atoms with Gasteiger partial charge < -0.3 is 10.2 Å². The molecule has 2 heteroatoms. The highest BCUT2D eigenvalue weighted by molar-refractivity contribution is 5.62. The van der Waals surface area contributed by atoms with Crippen molar-refractivity contribution >= 4 is 5.69 Å². The lowest BCUT2D eigenvalue weighted by Gasteiger charge is -2.32. The van der Waals surface area contributed by atoms with Gasteiger partial charge in [0.25, 0.3) is 0 Å². The first-order chi connectivity index (χ1) is 13.5. The lowest BCUT2D eigenvalue weighted by Crippen LogP contribution is -2.31. The van der Waals surface area contributed by atoms with E-state index in [1.165, 1.54) is 71.4 Å². The fraction of sp³-hybridized carbons (Fsp3) is 0.440. The Morgan fingerprint density at radius 2 is 1.48 bits per heavy atom. The molecule has 2 aliphatic rings. The van der Waals surface area contributed by atoms with E-state index in [0.29, 0.717) is 5.92 Å². The van der Waals surface area contributed by atoms with Gasteiger partial charge in [-0.1, -0.05) is 55.7 Å². The summed E-state index contributed by atoms with van der Waals surface area (Å²) in [5, 5.41) is 1.84. The summed E-state index contributed by atoms with van der Waals surface area (Å²) in [5.41, 5.74) is 8.76. The molecular weight excluding hydrogens is 328 g/mol. The Bertz CT molecular complexity index is 875. The number of nitrogens with zero attached hydrogens (tertiary/aromatic N) is 1. The summed E-state index contributed by atoms with van der Waals surface area (Å²) in [5.74, 6) is 0.507. The van der Waals surface area contributed by atoms with E-state index < -0.39 is 0 Å². The quantitative estimate of drug-likeness (QED) is 0.668. The molecule has 0 spiro atoms. The summed E-state index contributed by atoms with van der Waals surface area (Å²) >= 11 is 0. The molecule has 0 radical (unpaired) electrons. The van der Waals surface area contributed by atoms with Gasteiger partial charge in [-0.15, -0.1) is 0 Å². The molecule has 1 unspecified atom stereocenters. The van der Waals surface area contributed by atoms with Crippen molar-refractivity contribution in [1.29, 1.82) is 0 Å². The normalized spacial score (nSPS) is 21.8. The number of para-hydroxylation sites is 1. The predicted molar refractivity (Wildman–Crippen MR) is 115 cm³/mol. The minimum atomic E-state index is -0.0979. The maximum Gasteiger partial charge on any atom is 0.162 e. The van der Waals surface area contributed by atoms with Gasteiger partial charge in [0, 0.05) is 28.6 Å². The van der Waals surface area contributed by atoms with Gasteiger partial charge >= 0.3 is 0 Å². The fourth-order valence-corrected chi connectivity index (χ4v) is 4.94. The average Bonchev–Trinajstić information content (AvgIpc) is 2.93. The molecule has 1 aliphatic carbocycles. The Balaban J connectivity index is 1.88. The minimum Gasteiger partial charge on any atom is -0.363 e. The topological polar surface area (TPSA) is 15.3 Å². The predicted octanol–water partition coefficient (Wildman–Crippen LogP) is 6.53. The minimum absolute atomic E-state index is 0.0979. The molecule has 0 amide bonds. The molecule has 142 valence electrons. The summed E-state index contributed by atoms with van der Waals surface area (Å²) in [6.45, 7) is 8.77. The lowest BCUT2D eigenvalue weighted by molar-refractivity contribution is 0.384. The summed E-state index contributed by atoms with van der Waals surface area (Å²) in [6.07, 6.45) is 6.23. The molecule has 1 atom stereocenters. The maximum atomic E-state index is 9.23. The highest BCUT2D eigenvalue weighted by Crippen LogP contribution is 2.43. The molecular formula is C25H32N2. The van der Waals surface area contributed by atoms with E-state index in [-0.39, 0.29) is 6.17 Å². The molecule has 0 saturated heterocycles. The molecule has 0 aromatic heterocycles. The molecule has 4 rings (SSSR count). The zero-order valence-electron chi connectivity index (χ0n) is 18.1. The summed E-state index contributed by atoms with van der Waals surface area (Å²) in [4.78, 5) is 2.42. The summed E-state index contributed by atoms with van der Waals surface area (Å²) < 4.78 is 9.23. The van der Waals surface area contributed by atoms with Crippen molar-refractivity contribution < 1.29 is 1.41 Å². The summed E-state index contributed by atoms with van der Waals surface area (Å²) in [7, 11) is 0. The van der Waals surface area contributed by atoms with Crippen LogP contribution in [0.4, 0.5) is 5.69 Å². The van der Waals surface area contributed by atoms with Crippen molar-refractivity contribution in [2.24, 2.45) is 5.92 Å². The van der Waals surface area contributed by atoms with Crippen LogP contribution in [-0.2, 0) is 0 Å². The Kier molecular flexibility index (Phi) is 4.65. The second-order valence-corrected chi connectivity index (χ2v) is 8.27. The SMILES string of the molecule is [2H]N1C(C2CCCCC2)=C(C)N(c2ccccc2C)C1c1c(C)cccc1C. The van der Waals surface area contributed by atoms with E-state index in [4.69, 9.17) is 0 Å². The third kappa shape index (κ3) is 3.26. The van der Waals surface area contributed by atoms with Crippen molar-refractivity contribution in [3.63, 3.8) is 0 Å². The third-order valence-corrected chi connectivity index (χ3v) is 6.41. The number of nitrogens with one attached hydrogen (secondary N) is 1. The smallest absolute Gasteiger partial charge is 0.162 e. The largest absolute Gasteiger partial charge is 0.363 e. The van der Waals surface area contributed by atoms with Crippen molar-refractivity contribution in [2.75, 3.05) is 4.90 Å². The van der Waals surface area contributed by atoms with Gasteiger partial charge in [-0.2, -0.15) is 0 Å². The number of rotatable bonds is 3. The van der Waals surface area contributed by atoms with Crippen LogP contribution >= 0.6 is 0 Å². The Labute approximate surface area is 165 Å². The molecule has 1 heterocycles. The molecule has 0 bridgehead atoms. The maximum absolute atomic E-state index is 9.23. The molecule has 2 nitrogen and oxygen atoms in total. The first kappa shape index (κ1) is 16.9. The molecule has 1 fully saturated rings. The van der Waals surface area contributed by atoms with Crippen LogP contribution in [0.3, 0.4) is 0 Å². The number of aryl methyl sites for hydroxylation is 3. The van der Waals surface area contributed by atoms with Gasteiger partial charge in [-0.05, 0) is 63.3 Å². The highest BCUT2D eigenvalue weighted by Gasteiger charge is 2.36. The van der Waals surface area contributed by atoms with Crippen LogP contribution in [0.25, 0.3) is 0 Å². The van der Waals surface area contributed by atoms with Crippen molar-refractivity contribution in [3.8, 4) is 0 Å². The van der Waals surface area contributed by atoms with Crippen molar-refractivity contribution in [2.45, 2.75) is 66.0 Å². The standard InChI is InChI=1S/C25H32N2/c1-17-11-8-9-16-22(17)27-20(4)24(21-14-6-5-7-15-21)26-25(27)23-18(2)12-10-13-19(23)3/h8-13,16,21,25-26H,5-7,14-15H2,1-4H3/i/hD. The molecule has 1 saturated carbocycles. The van der Waals surface area contributed by atoms with Crippen molar-refractivity contribution in [1.82, 2.24) is 5.31 Å². The monoisotopic (exact) mass is 361 g/mol. The highest BCUT2D eigenvalue weighted by atomic mass is 15.3. The van der Waals surface area contributed by atoms with E-state index in [2.05, 4.69) is 75.1 Å². The number of allylic oxidation sites excluding steroid dienone is 2. The molecule has 2 aromatic carbocycles. The first-order valence-corrected chi connectivity index (χ1v) is 10.4. The number of benzene rings is 2. The number of hydrogen-bond acceptors (Lipinski definition) is 2. The number of anilines is 1. The van der Waals surface area contributed by atoms with Crippen LogP contribution in [0.1, 0.15) is 67.4 Å². The van der Waals surface area contributed by atoms with E-state index in [0.717, 1.165) is 0 Å². The second kappa shape index (κ2) is 7.42. The Morgan fingerprint density at radius 1 is 0.852 bits per heavy atom. The van der Waals surface area contributed by atoms with E-state index in [1.54, 1.807) is 0 Å². The van der Waals surface area contributed by atoms with E-state index in [9.17, 15) is 1.41 Å². The van der Waals surface area contributed by atoms with Crippen molar-refractivity contribution in [3.05, 3.63) is 76.1 Å². The molecule has 2 aromatic rings. The van der Waals surface area contributed by atoms with E-state index in [1.807, 2.05) is 5.31 Å². The average molecular weight is 362 g/mol. The fourth-order valence-electron chi connectivity index (χ4n) is 4.94. The van der Waals surface area contributed by atoms with Crippen LogP contribution in [0.15, 0.2) is 53.9 Å². The van der Waals surface area contributed by atoms with Gasteiger partial charge in [-0.25, -0.2) is 0 Å². The molecule has 27 heavy (non-hydrogen) atoms. The Hall–Kier alpha value is -2.22. The van der Waals surface area contributed by atoms with Crippen LogP contribution < -0.4 is 10.2 Å². The van der Waals surface area contributed by atoms with Gasteiger partial charge in [0.05, 0.1) is 0 Å². The van der Waals surface area contributed by atoms with Gasteiger partial charge in [0.1, 0.15) is 6.17 Å². The van der Waals surface area contributed by atoms with Gasteiger partial charge in [-0.3, -0.25) is 0 Å². The zero-order chi connectivity index (χ0) is 19.8. The molecule has 1 aliphatic heterocycles. The summed E-state index contributed by atoms with van der Waals surface area (Å²) in [6, 6.07) is 15.1. The number of hydrogen-bond donors (Lipinski definition) is 1. The zero-order valence-corrected chi connectivity index (χ0v) is 17.1. The second-order valence-electron chi connectivity index (χ2n) is 8.27.